The number of rotatable bonds is 8. The average molecular weight is 404 g/mol. The quantitative estimate of drug-likeness (QED) is 0.583. The van der Waals surface area contributed by atoms with Crippen molar-refractivity contribution in [1.82, 2.24) is 0 Å². The highest BCUT2D eigenvalue weighted by atomic mass is 16.7. The third-order valence-electron chi connectivity index (χ3n) is 5.73. The highest BCUT2D eigenvalue weighted by Gasteiger charge is 2.19. The summed E-state index contributed by atoms with van der Waals surface area (Å²) in [5, 5.41) is 2.36. The Labute approximate surface area is 176 Å². The Kier molecular flexibility index (Phi) is 5.44. The van der Waals surface area contributed by atoms with Gasteiger partial charge < -0.3 is 24.3 Å². The van der Waals surface area contributed by atoms with E-state index in [-0.39, 0.29) is 0 Å². The molecule has 154 valence electrons. The van der Waals surface area contributed by atoms with Gasteiger partial charge in [-0.2, -0.15) is 0 Å². The Bertz CT molecular complexity index is 1010. The van der Waals surface area contributed by atoms with Gasteiger partial charge in [0.25, 0.3) is 0 Å². The SMILES string of the molecule is c1ccc(C[C@H](CC[NH2+]Cc2ccc3c(c2)OCO3)c2ccc3c(c2)OCO3)cc1. The van der Waals surface area contributed by atoms with E-state index in [9.17, 15) is 0 Å². The molecule has 1 atom stereocenters. The van der Waals surface area contributed by atoms with Gasteiger partial charge in [0.05, 0.1) is 6.54 Å². The molecule has 0 saturated carbocycles. The largest absolute Gasteiger partial charge is 0.454 e. The fourth-order valence-electron chi connectivity index (χ4n) is 4.11. The molecule has 0 spiro atoms. The van der Waals surface area contributed by atoms with Crippen molar-refractivity contribution < 1.29 is 24.3 Å². The van der Waals surface area contributed by atoms with Crippen molar-refractivity contribution in [2.45, 2.75) is 25.3 Å². The molecule has 3 aromatic carbocycles. The Morgan fingerprint density at radius 1 is 0.700 bits per heavy atom. The van der Waals surface area contributed by atoms with E-state index in [0.717, 1.165) is 48.9 Å². The van der Waals surface area contributed by atoms with E-state index in [2.05, 4.69) is 59.9 Å². The fourth-order valence-corrected chi connectivity index (χ4v) is 4.11. The Balaban J connectivity index is 1.24. The molecule has 0 saturated heterocycles. The van der Waals surface area contributed by atoms with Gasteiger partial charge in [0.1, 0.15) is 6.54 Å². The number of fused-ring (bicyclic) bond motifs is 2. The van der Waals surface area contributed by atoms with Crippen LogP contribution in [0.25, 0.3) is 0 Å². The van der Waals surface area contributed by atoms with Crippen LogP contribution in [-0.2, 0) is 13.0 Å². The lowest BCUT2D eigenvalue weighted by Gasteiger charge is -2.17. The zero-order valence-corrected chi connectivity index (χ0v) is 16.9. The van der Waals surface area contributed by atoms with E-state index in [0.29, 0.717) is 19.5 Å². The first kappa shape index (κ1) is 18.8. The minimum absolute atomic E-state index is 0.311. The first-order chi connectivity index (χ1) is 14.8. The monoisotopic (exact) mass is 404 g/mol. The fraction of sp³-hybridized carbons (Fsp3) is 0.280. The lowest BCUT2D eigenvalue weighted by atomic mass is 9.89. The summed E-state index contributed by atoms with van der Waals surface area (Å²) >= 11 is 0. The molecule has 5 nitrogen and oxygen atoms in total. The number of hydrogen-bond donors (Lipinski definition) is 1. The van der Waals surface area contributed by atoms with Gasteiger partial charge in [-0.1, -0.05) is 36.4 Å². The maximum absolute atomic E-state index is 5.61. The number of hydrogen-bond acceptors (Lipinski definition) is 4. The van der Waals surface area contributed by atoms with Gasteiger partial charge in [-0.15, -0.1) is 0 Å². The number of quaternary nitrogens is 1. The molecule has 0 unspecified atom stereocenters. The molecule has 2 aliphatic heterocycles. The van der Waals surface area contributed by atoms with Gasteiger partial charge >= 0.3 is 0 Å². The Hall–Kier alpha value is -3.18. The smallest absolute Gasteiger partial charge is 0.231 e. The van der Waals surface area contributed by atoms with Crippen LogP contribution in [0, 0.1) is 0 Å². The Morgan fingerprint density at radius 2 is 1.40 bits per heavy atom. The van der Waals surface area contributed by atoms with Crippen LogP contribution in [0.5, 0.6) is 23.0 Å². The lowest BCUT2D eigenvalue weighted by molar-refractivity contribution is -0.671. The molecule has 2 aliphatic rings. The van der Waals surface area contributed by atoms with Crippen LogP contribution in [0.15, 0.2) is 66.7 Å². The Morgan fingerprint density at radius 3 is 2.20 bits per heavy atom. The van der Waals surface area contributed by atoms with Crippen molar-refractivity contribution in [2.24, 2.45) is 0 Å². The van der Waals surface area contributed by atoms with Crippen LogP contribution in [0.4, 0.5) is 0 Å². The predicted octanol–water partition coefficient (Wildman–Crippen LogP) is 3.62. The molecule has 5 rings (SSSR count). The van der Waals surface area contributed by atoms with Crippen LogP contribution >= 0.6 is 0 Å². The highest BCUT2D eigenvalue weighted by Crippen LogP contribution is 2.36. The molecule has 0 amide bonds. The summed E-state index contributed by atoms with van der Waals surface area (Å²) in [6, 6.07) is 23.2. The predicted molar refractivity (Wildman–Crippen MR) is 113 cm³/mol. The van der Waals surface area contributed by atoms with Gasteiger partial charge in [-0.25, -0.2) is 0 Å². The van der Waals surface area contributed by atoms with Crippen molar-refractivity contribution in [2.75, 3.05) is 20.1 Å². The molecule has 5 heteroatoms. The second-order valence-electron chi connectivity index (χ2n) is 7.76. The van der Waals surface area contributed by atoms with Crippen molar-refractivity contribution in [3.05, 3.63) is 83.4 Å². The van der Waals surface area contributed by atoms with Crippen LogP contribution in [-0.4, -0.2) is 20.1 Å². The minimum Gasteiger partial charge on any atom is -0.454 e. The zero-order chi connectivity index (χ0) is 20.2. The molecule has 0 aromatic heterocycles. The molecule has 30 heavy (non-hydrogen) atoms. The summed E-state index contributed by atoms with van der Waals surface area (Å²) in [5.41, 5.74) is 3.91. The van der Waals surface area contributed by atoms with Crippen molar-refractivity contribution >= 4 is 0 Å². The summed E-state index contributed by atoms with van der Waals surface area (Å²) in [4.78, 5) is 0. The molecule has 0 aliphatic carbocycles. The van der Waals surface area contributed by atoms with E-state index in [4.69, 9.17) is 18.9 Å². The van der Waals surface area contributed by atoms with E-state index in [1.165, 1.54) is 16.7 Å². The molecule has 0 radical (unpaired) electrons. The van der Waals surface area contributed by atoms with E-state index >= 15 is 0 Å². The van der Waals surface area contributed by atoms with E-state index in [1.54, 1.807) is 0 Å². The molecule has 2 heterocycles. The minimum atomic E-state index is 0.311. The first-order valence-electron chi connectivity index (χ1n) is 10.5. The van der Waals surface area contributed by atoms with Crippen molar-refractivity contribution in [3.63, 3.8) is 0 Å². The standard InChI is InChI=1S/C25H25NO4/c1-2-4-18(5-3-1)12-21(20-7-9-23-25(14-20)30-17-28-23)10-11-26-15-19-6-8-22-24(13-19)29-16-27-22/h1-9,13-14,21,26H,10-12,15-17H2/p+1/t21-/m0/s1. The maximum atomic E-state index is 5.61. The summed E-state index contributed by atoms with van der Waals surface area (Å²) in [7, 11) is 0. The third-order valence-corrected chi connectivity index (χ3v) is 5.73. The van der Waals surface area contributed by atoms with E-state index < -0.39 is 0 Å². The van der Waals surface area contributed by atoms with Crippen LogP contribution < -0.4 is 24.3 Å². The van der Waals surface area contributed by atoms with Crippen LogP contribution in [0.2, 0.25) is 0 Å². The highest BCUT2D eigenvalue weighted by molar-refractivity contribution is 5.46. The van der Waals surface area contributed by atoms with Crippen molar-refractivity contribution in [1.29, 1.82) is 0 Å². The maximum Gasteiger partial charge on any atom is 0.231 e. The second-order valence-corrected chi connectivity index (χ2v) is 7.76. The van der Waals surface area contributed by atoms with Gasteiger partial charge in [0.15, 0.2) is 23.0 Å². The summed E-state index contributed by atoms with van der Waals surface area (Å²) in [6.45, 7) is 2.60. The normalized spacial score (nSPS) is 14.7. The molecule has 0 bridgehead atoms. The van der Waals surface area contributed by atoms with Gasteiger partial charge in [-0.3, -0.25) is 0 Å². The molecular formula is C25H26NO4+. The topological polar surface area (TPSA) is 53.5 Å². The summed E-state index contributed by atoms with van der Waals surface area (Å²) in [5.74, 6) is 3.81. The van der Waals surface area contributed by atoms with Crippen molar-refractivity contribution in [3.8, 4) is 23.0 Å². The third kappa shape index (κ3) is 4.21. The molecule has 0 fully saturated rings. The van der Waals surface area contributed by atoms with Crippen LogP contribution in [0.3, 0.4) is 0 Å². The molecule has 2 N–H and O–H groups in total. The zero-order valence-electron chi connectivity index (χ0n) is 16.9. The number of nitrogens with two attached hydrogens (primary N) is 1. The second kappa shape index (κ2) is 8.67. The van der Waals surface area contributed by atoms with Gasteiger partial charge in [0.2, 0.25) is 13.6 Å². The van der Waals surface area contributed by atoms with Gasteiger partial charge in [0, 0.05) is 12.0 Å². The van der Waals surface area contributed by atoms with E-state index in [1.807, 2.05) is 12.1 Å². The summed E-state index contributed by atoms with van der Waals surface area (Å²) in [6.07, 6.45) is 2.09. The number of benzene rings is 3. The molecule has 3 aromatic rings. The van der Waals surface area contributed by atoms with Crippen LogP contribution in [0.1, 0.15) is 29.0 Å². The number of ether oxygens (including phenoxy) is 4. The average Bonchev–Trinajstić information content (AvgIpc) is 3.44. The molecular weight excluding hydrogens is 378 g/mol. The first-order valence-corrected chi connectivity index (χ1v) is 10.5. The lowest BCUT2D eigenvalue weighted by Crippen LogP contribution is -2.82. The summed E-state index contributed by atoms with van der Waals surface area (Å²) < 4.78 is 22.0. The van der Waals surface area contributed by atoms with Gasteiger partial charge in [-0.05, 0) is 53.8 Å².